The summed E-state index contributed by atoms with van der Waals surface area (Å²) in [5.41, 5.74) is 1.40. The van der Waals surface area contributed by atoms with Crippen molar-refractivity contribution in [2.75, 3.05) is 18.1 Å². The summed E-state index contributed by atoms with van der Waals surface area (Å²) in [4.78, 5) is 31.1. The second-order valence-corrected chi connectivity index (χ2v) is 9.36. The van der Waals surface area contributed by atoms with E-state index in [1.165, 1.54) is 17.0 Å². The molecule has 0 amide bonds. The fourth-order valence-corrected chi connectivity index (χ4v) is 5.11. The summed E-state index contributed by atoms with van der Waals surface area (Å²) in [6.07, 6.45) is 1.32. The number of sulfonamides is 1. The number of ether oxygens (including phenoxy) is 1. The van der Waals surface area contributed by atoms with Crippen molar-refractivity contribution in [1.29, 1.82) is 0 Å². The van der Waals surface area contributed by atoms with E-state index in [9.17, 15) is 18.0 Å². The summed E-state index contributed by atoms with van der Waals surface area (Å²) in [5.74, 6) is -0.351. The fourth-order valence-electron chi connectivity index (χ4n) is 3.90. The molecule has 0 aliphatic carbocycles. The van der Waals surface area contributed by atoms with Gasteiger partial charge in [0.1, 0.15) is 18.0 Å². The van der Waals surface area contributed by atoms with Crippen LogP contribution in [0.25, 0.3) is 10.9 Å². The average Bonchev–Trinajstić information content (AvgIpc) is 3.15. The van der Waals surface area contributed by atoms with Crippen LogP contribution in [0.4, 0.5) is 5.69 Å². The number of fused-ring (bicyclic) bond motifs is 2. The molecule has 5 rings (SSSR count). The van der Waals surface area contributed by atoms with E-state index in [1.807, 2.05) is 30.3 Å². The Kier molecular flexibility index (Phi) is 5.87. The van der Waals surface area contributed by atoms with Crippen LogP contribution < -0.4 is 10.5 Å². The molecule has 0 radical (unpaired) electrons. The monoisotopic (exact) mass is 488 g/mol. The molecule has 3 aromatic carbocycles. The number of nitrogens with zero attached hydrogens (tertiary/aromatic N) is 4. The third kappa shape index (κ3) is 4.43. The highest BCUT2D eigenvalue weighted by Crippen LogP contribution is 2.29. The number of anilines is 1. The topological polar surface area (TPSA) is 111 Å². The van der Waals surface area contributed by atoms with Crippen LogP contribution in [-0.2, 0) is 26.1 Å². The van der Waals surface area contributed by atoms with Crippen LogP contribution in [0.3, 0.4) is 0 Å². The SMILES string of the molecule is O=C(Cn1cnc2ccccc2c1=O)OCCN(C1=NS(=O)(=O)c2ccccc21)c1ccccc1. The molecular weight excluding hydrogens is 468 g/mol. The first-order chi connectivity index (χ1) is 16.9. The molecule has 0 unspecified atom stereocenters. The first kappa shape index (κ1) is 22.5. The zero-order valence-corrected chi connectivity index (χ0v) is 19.3. The number of benzene rings is 3. The number of carbonyl (C=O) groups is 1. The van der Waals surface area contributed by atoms with Gasteiger partial charge in [-0.05, 0) is 36.4 Å². The molecule has 1 aliphatic heterocycles. The van der Waals surface area contributed by atoms with E-state index in [-0.39, 0.29) is 36.0 Å². The van der Waals surface area contributed by atoms with Crippen LogP contribution in [0.1, 0.15) is 5.56 Å². The first-order valence-corrected chi connectivity index (χ1v) is 12.2. The largest absolute Gasteiger partial charge is 0.462 e. The van der Waals surface area contributed by atoms with Crippen LogP contribution in [-0.4, -0.2) is 42.9 Å². The molecule has 0 bridgehead atoms. The van der Waals surface area contributed by atoms with Gasteiger partial charge in [0, 0.05) is 11.3 Å². The third-order valence-corrected chi connectivity index (χ3v) is 6.87. The summed E-state index contributed by atoms with van der Waals surface area (Å²) in [6, 6.07) is 22.6. The van der Waals surface area contributed by atoms with Gasteiger partial charge in [0.05, 0.1) is 23.8 Å². The fraction of sp³-hybridized carbons (Fsp3) is 0.120. The van der Waals surface area contributed by atoms with Crippen molar-refractivity contribution in [3.8, 4) is 0 Å². The normalized spacial score (nSPS) is 13.8. The van der Waals surface area contributed by atoms with Gasteiger partial charge in [-0.1, -0.05) is 42.5 Å². The van der Waals surface area contributed by atoms with Crippen LogP contribution in [0, 0.1) is 0 Å². The van der Waals surface area contributed by atoms with Crippen LogP contribution in [0.5, 0.6) is 0 Å². The maximum Gasteiger partial charge on any atom is 0.326 e. The van der Waals surface area contributed by atoms with Gasteiger partial charge >= 0.3 is 5.97 Å². The minimum atomic E-state index is -3.82. The van der Waals surface area contributed by atoms with Crippen molar-refractivity contribution in [3.63, 3.8) is 0 Å². The second-order valence-electron chi connectivity index (χ2n) is 7.79. The lowest BCUT2D eigenvalue weighted by atomic mass is 10.1. The Morgan fingerprint density at radius 1 is 0.943 bits per heavy atom. The Morgan fingerprint density at radius 2 is 1.66 bits per heavy atom. The lowest BCUT2D eigenvalue weighted by Crippen LogP contribution is -2.35. The molecule has 176 valence electrons. The van der Waals surface area contributed by atoms with Crippen LogP contribution in [0.2, 0.25) is 0 Å². The average molecular weight is 489 g/mol. The van der Waals surface area contributed by atoms with E-state index >= 15 is 0 Å². The van der Waals surface area contributed by atoms with E-state index in [0.29, 0.717) is 22.2 Å². The molecule has 10 heteroatoms. The number of amidine groups is 1. The number of hydrogen-bond acceptors (Lipinski definition) is 7. The molecule has 1 aromatic heterocycles. The van der Waals surface area contributed by atoms with Crippen molar-refractivity contribution < 1.29 is 17.9 Å². The molecule has 4 aromatic rings. The van der Waals surface area contributed by atoms with E-state index in [2.05, 4.69) is 9.38 Å². The lowest BCUT2D eigenvalue weighted by molar-refractivity contribution is -0.144. The van der Waals surface area contributed by atoms with Crippen molar-refractivity contribution in [2.45, 2.75) is 11.4 Å². The highest BCUT2D eigenvalue weighted by atomic mass is 32.2. The Bertz CT molecular complexity index is 1610. The predicted octanol–water partition coefficient (Wildman–Crippen LogP) is 2.60. The van der Waals surface area contributed by atoms with Crippen molar-refractivity contribution in [2.24, 2.45) is 4.40 Å². The number of para-hydroxylation sites is 2. The van der Waals surface area contributed by atoms with Gasteiger partial charge in [-0.25, -0.2) is 4.98 Å². The van der Waals surface area contributed by atoms with E-state index in [1.54, 1.807) is 47.4 Å². The van der Waals surface area contributed by atoms with Gasteiger partial charge in [-0.2, -0.15) is 8.42 Å². The number of aromatic nitrogens is 2. The van der Waals surface area contributed by atoms with Gasteiger partial charge in [-0.3, -0.25) is 14.2 Å². The third-order valence-electron chi connectivity index (χ3n) is 5.54. The zero-order chi connectivity index (χ0) is 24.4. The summed E-state index contributed by atoms with van der Waals surface area (Å²) in [6.45, 7) is -0.186. The summed E-state index contributed by atoms with van der Waals surface area (Å²) in [7, 11) is -3.82. The van der Waals surface area contributed by atoms with Gasteiger partial charge in [0.2, 0.25) is 0 Å². The van der Waals surface area contributed by atoms with Crippen molar-refractivity contribution in [1.82, 2.24) is 9.55 Å². The number of esters is 1. The number of hydrogen-bond donors (Lipinski definition) is 0. The van der Waals surface area contributed by atoms with Crippen LogP contribution >= 0.6 is 0 Å². The molecule has 0 saturated carbocycles. The number of rotatable bonds is 6. The predicted molar refractivity (Wildman–Crippen MR) is 131 cm³/mol. The van der Waals surface area contributed by atoms with Gasteiger partial charge in [0.15, 0.2) is 5.84 Å². The molecule has 0 saturated heterocycles. The Morgan fingerprint density at radius 3 is 2.49 bits per heavy atom. The summed E-state index contributed by atoms with van der Waals surface area (Å²) in [5, 5.41) is 0.414. The summed E-state index contributed by atoms with van der Waals surface area (Å²) >= 11 is 0. The Labute approximate surface area is 201 Å². The molecule has 0 N–H and O–H groups in total. The maximum absolute atomic E-state index is 12.6. The molecule has 2 heterocycles. The molecule has 0 atom stereocenters. The van der Waals surface area contributed by atoms with Crippen LogP contribution in [0.15, 0.2) is 99.3 Å². The maximum atomic E-state index is 12.6. The first-order valence-electron chi connectivity index (χ1n) is 10.8. The van der Waals surface area contributed by atoms with E-state index in [4.69, 9.17) is 4.74 Å². The second kappa shape index (κ2) is 9.15. The zero-order valence-electron chi connectivity index (χ0n) is 18.4. The van der Waals surface area contributed by atoms with E-state index in [0.717, 1.165) is 0 Å². The minimum Gasteiger partial charge on any atom is -0.462 e. The Balaban J connectivity index is 1.34. The molecular formula is C25H20N4O5S. The quantitative estimate of drug-likeness (QED) is 0.384. The van der Waals surface area contributed by atoms with Gasteiger partial charge in [0.25, 0.3) is 15.6 Å². The molecule has 35 heavy (non-hydrogen) atoms. The highest BCUT2D eigenvalue weighted by Gasteiger charge is 2.32. The smallest absolute Gasteiger partial charge is 0.326 e. The van der Waals surface area contributed by atoms with Gasteiger partial charge < -0.3 is 9.64 Å². The molecule has 1 aliphatic rings. The van der Waals surface area contributed by atoms with Crippen molar-refractivity contribution in [3.05, 3.63) is 101 Å². The standard InChI is InChI=1S/C25H20N4O5S/c30-23(16-28-17-26-21-12-6-4-10-19(21)25(28)31)34-15-14-29(18-8-2-1-3-9-18)24-20-11-5-7-13-22(20)35(32,33)27-24/h1-13,17H,14-16H2. The summed E-state index contributed by atoms with van der Waals surface area (Å²) < 4.78 is 35.7. The van der Waals surface area contributed by atoms with E-state index < -0.39 is 16.0 Å². The lowest BCUT2D eigenvalue weighted by Gasteiger charge is -2.24. The Hall–Kier alpha value is -4.31. The van der Waals surface area contributed by atoms with Gasteiger partial charge in [-0.15, -0.1) is 4.40 Å². The molecule has 0 fully saturated rings. The minimum absolute atomic E-state index is 0.0509. The highest BCUT2D eigenvalue weighted by molar-refractivity contribution is 7.90. The molecule has 9 nitrogen and oxygen atoms in total. The van der Waals surface area contributed by atoms with Crippen molar-refractivity contribution >= 4 is 38.4 Å². The molecule has 0 spiro atoms. The number of carbonyl (C=O) groups excluding carboxylic acids is 1.